The summed E-state index contributed by atoms with van der Waals surface area (Å²) in [5.74, 6) is 1.98. The lowest BCUT2D eigenvalue weighted by molar-refractivity contribution is -0.131. The van der Waals surface area contributed by atoms with E-state index in [4.69, 9.17) is 0 Å². The zero-order valence-corrected chi connectivity index (χ0v) is 15.6. The van der Waals surface area contributed by atoms with E-state index in [2.05, 4.69) is 31.6 Å². The fraction of sp³-hybridized carbons (Fsp3) is 0.400. The summed E-state index contributed by atoms with van der Waals surface area (Å²) in [4.78, 5) is 21.8. The van der Waals surface area contributed by atoms with Crippen molar-refractivity contribution in [2.45, 2.75) is 26.3 Å². The van der Waals surface area contributed by atoms with Gasteiger partial charge >= 0.3 is 0 Å². The van der Waals surface area contributed by atoms with E-state index < -0.39 is 0 Å². The molecule has 1 aliphatic rings. The number of benzene rings is 1. The molecule has 7 heteroatoms. The molecule has 1 aromatic carbocycles. The highest BCUT2D eigenvalue weighted by Gasteiger charge is 2.21. The van der Waals surface area contributed by atoms with Crippen molar-refractivity contribution in [2.24, 2.45) is 0 Å². The second-order valence-electron chi connectivity index (χ2n) is 6.76. The highest BCUT2D eigenvalue weighted by molar-refractivity contribution is 5.81. The highest BCUT2D eigenvalue weighted by atomic mass is 16.2. The zero-order valence-electron chi connectivity index (χ0n) is 15.6. The molecule has 0 atom stereocenters. The molecule has 0 saturated carbocycles. The minimum absolute atomic E-state index is 0.147. The molecule has 3 heterocycles. The van der Waals surface area contributed by atoms with Crippen LogP contribution in [0.2, 0.25) is 0 Å². The molecule has 1 aliphatic heterocycles. The number of hydrogen-bond acceptors (Lipinski definition) is 5. The van der Waals surface area contributed by atoms with E-state index in [-0.39, 0.29) is 5.91 Å². The number of hydrogen-bond donors (Lipinski definition) is 0. The third-order valence-corrected chi connectivity index (χ3v) is 5.07. The van der Waals surface area contributed by atoms with Gasteiger partial charge in [-0.2, -0.15) is 5.10 Å². The van der Waals surface area contributed by atoms with Crippen LogP contribution in [0.1, 0.15) is 19.2 Å². The quantitative estimate of drug-likeness (QED) is 0.709. The Morgan fingerprint density at radius 2 is 1.96 bits per heavy atom. The van der Waals surface area contributed by atoms with Crippen molar-refractivity contribution in [1.29, 1.82) is 0 Å². The largest absolute Gasteiger partial charge is 0.353 e. The molecule has 3 aromatic rings. The molecule has 0 radical (unpaired) electrons. The molecule has 0 spiro atoms. The maximum Gasteiger partial charge on any atom is 0.242 e. The molecule has 0 bridgehead atoms. The van der Waals surface area contributed by atoms with Crippen LogP contribution in [-0.4, -0.2) is 56.7 Å². The summed E-state index contributed by atoms with van der Waals surface area (Å²) in [7, 11) is 0. The van der Waals surface area contributed by atoms with Crippen molar-refractivity contribution < 1.29 is 4.79 Å². The van der Waals surface area contributed by atoms with Gasteiger partial charge in [-0.05, 0) is 30.7 Å². The van der Waals surface area contributed by atoms with Crippen molar-refractivity contribution in [3.8, 4) is 0 Å². The molecule has 0 N–H and O–H groups in total. The van der Waals surface area contributed by atoms with Gasteiger partial charge in [-0.3, -0.25) is 4.79 Å². The molecule has 1 amide bonds. The van der Waals surface area contributed by atoms with Gasteiger partial charge in [0.05, 0.1) is 11.0 Å². The molecule has 7 nitrogen and oxygen atoms in total. The second-order valence-corrected chi connectivity index (χ2v) is 6.76. The first-order valence-electron chi connectivity index (χ1n) is 9.51. The van der Waals surface area contributed by atoms with Crippen LogP contribution in [0.4, 0.5) is 5.82 Å². The predicted molar refractivity (Wildman–Crippen MR) is 105 cm³/mol. The van der Waals surface area contributed by atoms with E-state index in [9.17, 15) is 4.79 Å². The van der Waals surface area contributed by atoms with Crippen LogP contribution in [0, 0.1) is 0 Å². The van der Waals surface area contributed by atoms with Crippen LogP contribution in [-0.2, 0) is 17.8 Å². The number of fused-ring (bicyclic) bond motifs is 1. The summed E-state index contributed by atoms with van der Waals surface area (Å²) >= 11 is 0. The number of carbonyl (C=O) groups excluding carboxylic acids is 1. The van der Waals surface area contributed by atoms with E-state index in [1.807, 2.05) is 41.3 Å². The molecule has 27 heavy (non-hydrogen) atoms. The Balaban J connectivity index is 1.48. The number of nitrogens with zero attached hydrogens (tertiary/aromatic N) is 6. The number of amides is 1. The van der Waals surface area contributed by atoms with Crippen molar-refractivity contribution in [1.82, 2.24) is 24.6 Å². The topological polar surface area (TPSA) is 67.2 Å². The fourth-order valence-electron chi connectivity index (χ4n) is 3.67. The number of para-hydroxylation sites is 2. The van der Waals surface area contributed by atoms with Crippen LogP contribution in [0.25, 0.3) is 11.0 Å². The third-order valence-electron chi connectivity index (χ3n) is 5.07. The lowest BCUT2D eigenvalue weighted by atomic mass is 10.3. The number of aromatic nitrogens is 4. The molecule has 1 fully saturated rings. The SMILES string of the molecule is CCc1nc2ccccc2n1CC(=O)N1CCCN(c2cccnn2)CC1. The molecule has 0 aliphatic carbocycles. The zero-order chi connectivity index (χ0) is 18.6. The van der Waals surface area contributed by atoms with Gasteiger partial charge in [-0.25, -0.2) is 4.98 Å². The number of aryl methyl sites for hydroxylation is 1. The molecule has 1 saturated heterocycles. The molecule has 0 unspecified atom stereocenters. The smallest absolute Gasteiger partial charge is 0.242 e. The van der Waals surface area contributed by atoms with Crippen LogP contribution >= 0.6 is 0 Å². The average Bonchev–Trinajstić information content (AvgIpc) is 2.89. The second kappa shape index (κ2) is 7.73. The van der Waals surface area contributed by atoms with E-state index in [0.717, 1.165) is 55.2 Å². The molecule has 4 rings (SSSR count). The number of carbonyl (C=O) groups is 1. The van der Waals surface area contributed by atoms with Crippen molar-refractivity contribution in [3.63, 3.8) is 0 Å². The fourth-order valence-corrected chi connectivity index (χ4v) is 3.67. The lowest BCUT2D eigenvalue weighted by Crippen LogP contribution is -2.37. The Morgan fingerprint density at radius 3 is 2.78 bits per heavy atom. The van der Waals surface area contributed by atoms with Gasteiger partial charge in [0.2, 0.25) is 5.91 Å². The van der Waals surface area contributed by atoms with E-state index >= 15 is 0 Å². The van der Waals surface area contributed by atoms with Crippen LogP contribution < -0.4 is 4.90 Å². The Hall–Kier alpha value is -2.96. The summed E-state index contributed by atoms with van der Waals surface area (Å²) in [6.45, 7) is 5.54. The van der Waals surface area contributed by atoms with E-state index in [0.29, 0.717) is 13.1 Å². The average molecular weight is 364 g/mol. The van der Waals surface area contributed by atoms with Gasteiger partial charge in [0.1, 0.15) is 12.4 Å². The Bertz CT molecular complexity index is 923. The first-order valence-corrected chi connectivity index (χ1v) is 9.51. The molecule has 2 aromatic heterocycles. The van der Waals surface area contributed by atoms with Crippen molar-refractivity contribution >= 4 is 22.8 Å². The monoisotopic (exact) mass is 364 g/mol. The Labute approximate surface area is 158 Å². The van der Waals surface area contributed by atoms with E-state index in [1.54, 1.807) is 6.20 Å². The number of rotatable bonds is 4. The van der Waals surface area contributed by atoms with Crippen molar-refractivity contribution in [3.05, 3.63) is 48.4 Å². The maximum absolute atomic E-state index is 13.0. The van der Waals surface area contributed by atoms with Gasteiger partial charge in [0.15, 0.2) is 5.82 Å². The molecule has 140 valence electrons. The normalized spacial score (nSPS) is 15.1. The summed E-state index contributed by atoms with van der Waals surface area (Å²) in [5, 5.41) is 8.15. The van der Waals surface area contributed by atoms with Gasteiger partial charge < -0.3 is 14.4 Å². The summed E-state index contributed by atoms with van der Waals surface area (Å²) in [5.41, 5.74) is 1.98. The van der Waals surface area contributed by atoms with Crippen LogP contribution in [0.15, 0.2) is 42.6 Å². The van der Waals surface area contributed by atoms with Gasteiger partial charge in [-0.1, -0.05) is 19.1 Å². The highest BCUT2D eigenvalue weighted by Crippen LogP contribution is 2.18. The van der Waals surface area contributed by atoms with Crippen LogP contribution in [0.5, 0.6) is 0 Å². The number of imidazole rings is 1. The predicted octanol–water partition coefficient (Wildman–Crippen LogP) is 2.13. The minimum atomic E-state index is 0.147. The maximum atomic E-state index is 13.0. The lowest BCUT2D eigenvalue weighted by Gasteiger charge is -2.23. The Morgan fingerprint density at radius 1 is 1.07 bits per heavy atom. The minimum Gasteiger partial charge on any atom is -0.353 e. The van der Waals surface area contributed by atoms with E-state index in [1.165, 1.54) is 0 Å². The molecular formula is C20H24N6O. The van der Waals surface area contributed by atoms with Gasteiger partial charge in [-0.15, -0.1) is 5.10 Å². The third kappa shape index (κ3) is 3.63. The molecular weight excluding hydrogens is 340 g/mol. The van der Waals surface area contributed by atoms with Gasteiger partial charge in [0, 0.05) is 38.8 Å². The van der Waals surface area contributed by atoms with Gasteiger partial charge in [0.25, 0.3) is 0 Å². The number of anilines is 1. The van der Waals surface area contributed by atoms with Crippen molar-refractivity contribution in [2.75, 3.05) is 31.1 Å². The summed E-state index contributed by atoms with van der Waals surface area (Å²) < 4.78 is 2.06. The van der Waals surface area contributed by atoms with Crippen LogP contribution in [0.3, 0.4) is 0 Å². The first-order chi connectivity index (χ1) is 13.3. The first kappa shape index (κ1) is 17.5. The Kier molecular flexibility index (Phi) is 5.00. The standard InChI is InChI=1S/C20H24N6O/c1-2-18-22-16-7-3-4-8-17(16)26(18)15-20(27)25-12-6-11-24(13-14-25)19-9-5-10-21-23-19/h3-5,7-10H,2,6,11-15H2,1H3. The summed E-state index contributed by atoms with van der Waals surface area (Å²) in [6, 6.07) is 11.9. The summed E-state index contributed by atoms with van der Waals surface area (Å²) in [6.07, 6.45) is 3.41.